The fourth-order valence-electron chi connectivity index (χ4n) is 4.64. The zero-order valence-electron chi connectivity index (χ0n) is 26.8. The molecule has 4 unspecified atom stereocenters. The molecule has 0 saturated heterocycles. The molecule has 0 amide bonds. The molecule has 0 aliphatic heterocycles. The molecule has 44 heavy (non-hydrogen) atoms. The number of esters is 1. The minimum Gasteiger partial charge on any atom is -0.494 e. The van der Waals surface area contributed by atoms with Gasteiger partial charge in [-0.2, -0.15) is 4.89 Å². The molecule has 0 radical (unpaired) electrons. The van der Waals surface area contributed by atoms with Gasteiger partial charge in [0.15, 0.2) is 5.75 Å². The third kappa shape index (κ3) is 12.4. The fourth-order valence-corrected chi connectivity index (χ4v) is 5.11. The van der Waals surface area contributed by atoms with E-state index in [9.17, 15) is 4.79 Å². The zero-order valence-corrected chi connectivity index (χ0v) is 29.1. The molecule has 0 bridgehead atoms. The highest BCUT2D eigenvalue weighted by Gasteiger charge is 2.15. The summed E-state index contributed by atoms with van der Waals surface area (Å²) in [5.41, 5.74) is 3.08. The number of benzene rings is 3. The molecule has 0 fully saturated rings. The maximum absolute atomic E-state index is 12.8. The first-order valence-electron chi connectivity index (χ1n) is 15.8. The Labute approximate surface area is 268 Å². The largest absolute Gasteiger partial charge is 0.494 e. The van der Waals surface area contributed by atoms with Crippen LogP contribution < -0.4 is 19.1 Å². The summed E-state index contributed by atoms with van der Waals surface area (Å²) >= 11 is 0. The average molecular weight is 641 g/mol. The van der Waals surface area contributed by atoms with Crippen LogP contribution in [0.25, 0.3) is 0 Å². The van der Waals surface area contributed by atoms with E-state index in [2.05, 4.69) is 32.3 Å². The summed E-state index contributed by atoms with van der Waals surface area (Å²) in [5, 5.41) is 0. The third-order valence-electron chi connectivity index (χ3n) is 7.84. The van der Waals surface area contributed by atoms with Gasteiger partial charge in [-0.25, -0.2) is 4.79 Å². The lowest BCUT2D eigenvalue weighted by atomic mass is 10.0. The molecule has 4 atom stereocenters. The Bertz CT molecular complexity index is 1260. The number of carbonyl (C=O) groups excluding carboxylic acids is 1. The molecule has 0 saturated carbocycles. The van der Waals surface area contributed by atoms with E-state index in [0.29, 0.717) is 42.1 Å². The normalized spacial score (nSPS) is 12.4. The van der Waals surface area contributed by atoms with Crippen molar-refractivity contribution in [1.82, 2.24) is 0 Å². The van der Waals surface area contributed by atoms with Gasteiger partial charge in [-0.3, -0.25) is 0 Å². The quantitative estimate of drug-likeness (QED) is 0.0404. The molecule has 6 nitrogen and oxygen atoms in total. The van der Waals surface area contributed by atoms with Gasteiger partial charge in [0.2, 0.25) is 0 Å². The van der Waals surface area contributed by atoms with Crippen molar-refractivity contribution in [3.05, 3.63) is 82.9 Å². The van der Waals surface area contributed by atoms with Crippen molar-refractivity contribution in [2.75, 3.05) is 25.5 Å². The van der Waals surface area contributed by atoms with Crippen molar-refractivity contribution in [3.8, 4) is 23.0 Å². The topological polar surface area (TPSA) is 63.2 Å². The van der Waals surface area contributed by atoms with Crippen molar-refractivity contribution in [3.63, 3.8) is 0 Å². The van der Waals surface area contributed by atoms with Gasteiger partial charge < -0.3 is 19.1 Å². The third-order valence-corrected chi connectivity index (χ3v) is 8.66. The van der Waals surface area contributed by atoms with Crippen LogP contribution in [0.3, 0.4) is 0 Å². The highest BCUT2D eigenvalue weighted by Crippen LogP contribution is 2.30. The second kappa shape index (κ2) is 19.7. The average Bonchev–Trinajstić information content (AvgIpc) is 3.03. The number of hydrogen-bond donors (Lipinski definition) is 0. The molecule has 0 heterocycles. The highest BCUT2D eigenvalue weighted by atomic mass is 31.0. The minimum absolute atomic E-state index is 0.290. The van der Waals surface area contributed by atoms with Gasteiger partial charge >= 0.3 is 5.97 Å². The molecule has 0 aliphatic rings. The summed E-state index contributed by atoms with van der Waals surface area (Å²) in [6.07, 6.45) is 9.26. The number of hydrogen-bond acceptors (Lipinski definition) is 6. The number of ether oxygens (including phenoxy) is 3. The fraction of sp³-hybridized carbons (Fsp3) is 0.472. The van der Waals surface area contributed by atoms with E-state index in [1.165, 1.54) is 25.7 Å². The second-order valence-electron chi connectivity index (χ2n) is 11.6. The van der Waals surface area contributed by atoms with Crippen LogP contribution in [-0.4, -0.2) is 31.5 Å². The molecule has 3 aromatic rings. The van der Waals surface area contributed by atoms with E-state index in [1.54, 1.807) is 24.3 Å². The predicted molar refractivity (Wildman–Crippen MR) is 185 cm³/mol. The van der Waals surface area contributed by atoms with Crippen LogP contribution >= 0.6 is 18.5 Å². The standard InChI is InChI=1S/C36H50O6P2/c1-26(7-5-23-43)19-21-38-32-13-9-30(10-14-32)25-40-42-35-18-17-34(28(3)29(35)4)41-36(37)31-11-15-33(16-12-31)39-22-20-27(2)8-6-24-44/h9-18,26-27H,5-8,19-25,43-44H2,1-4H3. The molecule has 240 valence electrons. The Balaban J connectivity index is 1.43. The predicted octanol–water partition coefficient (Wildman–Crippen LogP) is 9.15. The maximum Gasteiger partial charge on any atom is 0.343 e. The van der Waals surface area contributed by atoms with Crippen LogP contribution in [0.15, 0.2) is 60.7 Å². The second-order valence-corrected chi connectivity index (χ2v) is 12.7. The zero-order chi connectivity index (χ0) is 31.7. The van der Waals surface area contributed by atoms with Crippen molar-refractivity contribution in [1.29, 1.82) is 0 Å². The Morgan fingerprint density at radius 1 is 0.682 bits per heavy atom. The summed E-state index contributed by atoms with van der Waals surface area (Å²) < 4.78 is 17.5. The van der Waals surface area contributed by atoms with Gasteiger partial charge in [0, 0.05) is 5.56 Å². The van der Waals surface area contributed by atoms with Crippen LogP contribution in [0.4, 0.5) is 0 Å². The molecular weight excluding hydrogens is 590 g/mol. The van der Waals surface area contributed by atoms with E-state index in [1.807, 2.05) is 50.2 Å². The van der Waals surface area contributed by atoms with E-state index >= 15 is 0 Å². The molecule has 0 aliphatic carbocycles. The van der Waals surface area contributed by atoms with Crippen LogP contribution in [0.5, 0.6) is 23.0 Å². The Morgan fingerprint density at radius 2 is 1.18 bits per heavy atom. The van der Waals surface area contributed by atoms with Gasteiger partial charge in [-0.05, 0) is 123 Å². The number of carbonyl (C=O) groups is 1. The van der Waals surface area contributed by atoms with E-state index in [0.717, 1.165) is 60.0 Å². The maximum atomic E-state index is 12.8. The Hall–Kier alpha value is -2.65. The van der Waals surface area contributed by atoms with E-state index in [4.69, 9.17) is 24.0 Å². The lowest BCUT2D eigenvalue weighted by Crippen LogP contribution is -2.10. The molecule has 0 N–H and O–H groups in total. The van der Waals surface area contributed by atoms with Crippen LogP contribution in [0.2, 0.25) is 0 Å². The lowest BCUT2D eigenvalue weighted by molar-refractivity contribution is -0.218. The summed E-state index contributed by atoms with van der Waals surface area (Å²) in [6.45, 7) is 10.0. The monoisotopic (exact) mass is 640 g/mol. The first kappa shape index (κ1) is 35.8. The minimum atomic E-state index is -0.423. The molecule has 0 aromatic heterocycles. The van der Waals surface area contributed by atoms with E-state index in [-0.39, 0.29) is 0 Å². The van der Waals surface area contributed by atoms with Crippen molar-refractivity contribution in [2.24, 2.45) is 11.8 Å². The molecule has 8 heteroatoms. The Morgan fingerprint density at radius 3 is 1.73 bits per heavy atom. The molecular formula is C36H50O6P2. The highest BCUT2D eigenvalue weighted by molar-refractivity contribution is 7.16. The van der Waals surface area contributed by atoms with Gasteiger partial charge in [0.1, 0.15) is 23.9 Å². The summed E-state index contributed by atoms with van der Waals surface area (Å²) in [6, 6.07) is 18.4. The Kier molecular flexibility index (Phi) is 16.0. The van der Waals surface area contributed by atoms with Gasteiger partial charge in [0.25, 0.3) is 0 Å². The number of rotatable bonds is 20. The lowest BCUT2D eigenvalue weighted by Gasteiger charge is -2.14. The van der Waals surface area contributed by atoms with E-state index < -0.39 is 5.97 Å². The van der Waals surface area contributed by atoms with Gasteiger partial charge in [-0.15, -0.1) is 18.5 Å². The van der Waals surface area contributed by atoms with Crippen LogP contribution in [-0.2, 0) is 11.5 Å². The first-order chi connectivity index (χ1) is 21.3. The van der Waals surface area contributed by atoms with Crippen molar-refractivity contribution < 1.29 is 28.8 Å². The summed E-state index contributed by atoms with van der Waals surface area (Å²) in [7, 11) is 5.56. The summed E-state index contributed by atoms with van der Waals surface area (Å²) in [4.78, 5) is 24.0. The van der Waals surface area contributed by atoms with Gasteiger partial charge in [-0.1, -0.05) is 38.8 Å². The molecule has 0 spiro atoms. The smallest absolute Gasteiger partial charge is 0.343 e. The van der Waals surface area contributed by atoms with Gasteiger partial charge in [0.05, 0.1) is 18.8 Å². The molecule has 3 rings (SSSR count). The van der Waals surface area contributed by atoms with Crippen molar-refractivity contribution in [2.45, 2.75) is 72.8 Å². The summed E-state index contributed by atoms with van der Waals surface area (Å²) in [5.74, 6) is 3.54. The van der Waals surface area contributed by atoms with Crippen LogP contribution in [0, 0.1) is 25.7 Å². The molecule has 3 aromatic carbocycles. The first-order valence-corrected chi connectivity index (χ1v) is 17.4. The van der Waals surface area contributed by atoms with Crippen molar-refractivity contribution >= 4 is 24.4 Å². The SMILES string of the molecule is Cc1c(OOCc2ccc(OCCC(C)CCCP)cc2)ccc(OC(=O)c2ccc(OCCC(C)CCCP)cc2)c1C. The van der Waals surface area contributed by atoms with Crippen LogP contribution in [0.1, 0.15) is 79.4 Å².